The summed E-state index contributed by atoms with van der Waals surface area (Å²) in [7, 11) is 0. The summed E-state index contributed by atoms with van der Waals surface area (Å²) < 4.78 is 0. The third kappa shape index (κ3) is 3.38. The smallest absolute Gasteiger partial charge is 0.279 e. The number of H-pyrrole nitrogens is 1. The van der Waals surface area contributed by atoms with Gasteiger partial charge < -0.3 is 9.88 Å². The normalized spacial score (nSPS) is 12.3. The first-order valence-electron chi connectivity index (χ1n) is 8.82. The average molecular weight is 379 g/mol. The first-order chi connectivity index (χ1) is 13.0. The monoisotopic (exact) mass is 378 g/mol. The minimum Gasteiger partial charge on any atom is -0.322 e. The molecule has 0 saturated heterocycles. The molecule has 1 N–H and O–H groups in total. The van der Waals surface area contributed by atoms with Gasteiger partial charge in [-0.05, 0) is 43.0 Å². The molecular weight excluding hydrogens is 360 g/mol. The van der Waals surface area contributed by atoms with Crippen molar-refractivity contribution in [2.45, 2.75) is 19.8 Å². The van der Waals surface area contributed by atoms with Gasteiger partial charge in [0.2, 0.25) is 0 Å². The van der Waals surface area contributed by atoms with Crippen molar-refractivity contribution in [2.24, 2.45) is 4.99 Å². The lowest BCUT2D eigenvalue weighted by Crippen LogP contribution is -2.42. The van der Waals surface area contributed by atoms with Gasteiger partial charge in [-0.3, -0.25) is 4.79 Å². The van der Waals surface area contributed by atoms with E-state index in [0.717, 1.165) is 29.8 Å². The van der Waals surface area contributed by atoms with Gasteiger partial charge in [0.1, 0.15) is 5.48 Å². The molecule has 5 nitrogen and oxygen atoms in total. The number of benzene rings is 2. The molecule has 0 bridgehead atoms. The van der Waals surface area contributed by atoms with E-state index in [2.05, 4.69) is 33.7 Å². The number of fused-ring (bicyclic) bond motifs is 2. The Labute approximate surface area is 161 Å². The Hall–Kier alpha value is -2.92. The van der Waals surface area contributed by atoms with Crippen molar-refractivity contribution in [1.29, 1.82) is 0 Å². The van der Waals surface area contributed by atoms with Crippen molar-refractivity contribution in [3.05, 3.63) is 79.8 Å². The summed E-state index contributed by atoms with van der Waals surface area (Å²) in [5.41, 5.74) is 3.83. The van der Waals surface area contributed by atoms with Crippen molar-refractivity contribution >= 4 is 35.4 Å². The molecule has 1 aliphatic rings. The van der Waals surface area contributed by atoms with Crippen molar-refractivity contribution in [1.82, 2.24) is 9.97 Å². The van der Waals surface area contributed by atoms with Crippen LogP contribution in [-0.2, 0) is 6.42 Å². The predicted octanol–water partition coefficient (Wildman–Crippen LogP) is 3.18. The number of hydrogen-bond donors (Lipinski definition) is 1. The van der Waals surface area contributed by atoms with Crippen molar-refractivity contribution in [2.75, 3.05) is 11.4 Å². The summed E-state index contributed by atoms with van der Waals surface area (Å²) in [6.07, 6.45) is 1.83. The van der Waals surface area contributed by atoms with Crippen LogP contribution in [0.4, 0.5) is 17.2 Å². The molecule has 6 heteroatoms. The summed E-state index contributed by atoms with van der Waals surface area (Å²) >= 11 is 6.36. The molecule has 0 unspecified atom stereocenters. The summed E-state index contributed by atoms with van der Waals surface area (Å²) in [4.78, 5) is 26.1. The highest BCUT2D eigenvalue weighted by molar-refractivity contribution is 6.31. The number of nitrogens with zero attached hydrogens (tertiary/aromatic N) is 3. The van der Waals surface area contributed by atoms with E-state index in [-0.39, 0.29) is 5.56 Å². The highest BCUT2D eigenvalue weighted by Crippen LogP contribution is 2.38. The first kappa shape index (κ1) is 17.5. The van der Waals surface area contributed by atoms with Crippen LogP contribution in [0.25, 0.3) is 6.58 Å². The molecule has 0 spiro atoms. The van der Waals surface area contributed by atoms with Crippen LogP contribution in [-0.4, -0.2) is 16.5 Å². The lowest BCUT2D eigenvalue weighted by molar-refractivity contribution is 0.784. The molecule has 4 rings (SSSR count). The number of nitrogens with one attached hydrogen (secondary N) is 1. The quantitative estimate of drug-likeness (QED) is 0.758. The van der Waals surface area contributed by atoms with Gasteiger partial charge in [0.25, 0.3) is 5.56 Å². The van der Waals surface area contributed by atoms with E-state index in [1.165, 1.54) is 5.56 Å². The van der Waals surface area contributed by atoms with Gasteiger partial charge >= 0.3 is 0 Å². The maximum atomic E-state index is 12.4. The third-order valence-corrected chi connectivity index (χ3v) is 5.06. The van der Waals surface area contributed by atoms with Crippen LogP contribution in [0.3, 0.4) is 0 Å². The predicted molar refractivity (Wildman–Crippen MR) is 109 cm³/mol. The van der Waals surface area contributed by atoms with Gasteiger partial charge in [-0.2, -0.15) is 0 Å². The van der Waals surface area contributed by atoms with Crippen molar-refractivity contribution in [3.63, 3.8) is 0 Å². The Morgan fingerprint density at radius 3 is 2.78 bits per heavy atom. The molecular formula is C21H19ClN4O. The van der Waals surface area contributed by atoms with E-state index in [1.54, 1.807) is 0 Å². The van der Waals surface area contributed by atoms with Crippen LogP contribution in [0.2, 0.25) is 5.02 Å². The van der Waals surface area contributed by atoms with E-state index >= 15 is 0 Å². The minimum atomic E-state index is -0.281. The summed E-state index contributed by atoms with van der Waals surface area (Å²) in [6.45, 7) is 6.40. The topological polar surface area (TPSA) is 61.4 Å². The van der Waals surface area contributed by atoms with E-state index in [0.29, 0.717) is 28.2 Å². The van der Waals surface area contributed by atoms with E-state index in [9.17, 15) is 4.79 Å². The lowest BCUT2D eigenvalue weighted by Gasteiger charge is -2.28. The van der Waals surface area contributed by atoms with Crippen LogP contribution in [0.1, 0.15) is 17.5 Å². The van der Waals surface area contributed by atoms with Crippen molar-refractivity contribution in [3.8, 4) is 0 Å². The van der Waals surface area contributed by atoms with Gasteiger partial charge in [-0.1, -0.05) is 48.5 Å². The van der Waals surface area contributed by atoms with Gasteiger partial charge in [-0.15, -0.1) is 0 Å². The lowest BCUT2D eigenvalue weighted by atomic mass is 10.1. The SMILES string of the molecule is C=c1nc2c(c(=O)[nH]1)=Nc1cc(C)c(Cl)cc1N2CCCc1ccccc1. The molecule has 0 fully saturated rings. The standard InChI is InChI=1S/C21H19ClN4O/c1-13-11-17-18(12-16(13)22)26(10-6-9-15-7-4-3-5-8-15)20-19(25-17)21(27)24-14(2)23-20/h3-5,7-8,11-12H,2,6,9-10H2,1H3,(H,24,27). The molecule has 136 valence electrons. The Kier molecular flexibility index (Phi) is 4.54. The number of hydrogen-bond acceptors (Lipinski definition) is 4. The maximum absolute atomic E-state index is 12.4. The number of aromatic amines is 1. The number of aromatic nitrogens is 2. The third-order valence-electron chi connectivity index (χ3n) is 4.65. The molecule has 27 heavy (non-hydrogen) atoms. The van der Waals surface area contributed by atoms with E-state index in [4.69, 9.17) is 11.6 Å². The largest absolute Gasteiger partial charge is 0.322 e. The highest BCUT2D eigenvalue weighted by Gasteiger charge is 2.23. The van der Waals surface area contributed by atoms with Crippen LogP contribution >= 0.6 is 11.6 Å². The molecule has 2 heterocycles. The summed E-state index contributed by atoms with van der Waals surface area (Å²) in [5.74, 6) is 0.532. The zero-order valence-electron chi connectivity index (χ0n) is 15.0. The molecule has 0 radical (unpaired) electrons. The Morgan fingerprint density at radius 2 is 2.00 bits per heavy atom. The summed E-state index contributed by atoms with van der Waals surface area (Å²) in [6, 6.07) is 14.1. The Bertz CT molecular complexity index is 1170. The Balaban J connectivity index is 1.76. The molecule has 1 aliphatic heterocycles. The second kappa shape index (κ2) is 7.00. The average Bonchev–Trinajstić information content (AvgIpc) is 2.64. The second-order valence-corrected chi connectivity index (χ2v) is 7.03. The fourth-order valence-corrected chi connectivity index (χ4v) is 3.46. The van der Waals surface area contributed by atoms with E-state index < -0.39 is 0 Å². The summed E-state index contributed by atoms with van der Waals surface area (Å²) in [5, 5.41) is 0.983. The van der Waals surface area contributed by atoms with Crippen LogP contribution in [0.5, 0.6) is 0 Å². The molecule has 0 amide bonds. The van der Waals surface area contributed by atoms with Crippen LogP contribution in [0.15, 0.2) is 52.3 Å². The number of aryl methyl sites for hydroxylation is 2. The zero-order chi connectivity index (χ0) is 19.0. The number of anilines is 2. The highest BCUT2D eigenvalue weighted by atomic mass is 35.5. The fourth-order valence-electron chi connectivity index (χ4n) is 3.30. The minimum absolute atomic E-state index is 0.281. The number of halogens is 1. The zero-order valence-corrected chi connectivity index (χ0v) is 15.8. The molecule has 2 aromatic carbocycles. The molecule has 1 aromatic heterocycles. The van der Waals surface area contributed by atoms with Crippen LogP contribution in [0, 0.1) is 6.92 Å². The molecule has 0 saturated carbocycles. The van der Waals surface area contributed by atoms with Gasteiger partial charge in [0.15, 0.2) is 11.2 Å². The Morgan fingerprint density at radius 1 is 1.22 bits per heavy atom. The van der Waals surface area contributed by atoms with Crippen molar-refractivity contribution < 1.29 is 0 Å². The molecule has 0 atom stereocenters. The second-order valence-electron chi connectivity index (χ2n) is 6.63. The maximum Gasteiger partial charge on any atom is 0.279 e. The van der Waals surface area contributed by atoms with Gasteiger partial charge in [0, 0.05) is 11.6 Å². The van der Waals surface area contributed by atoms with Crippen LogP contribution < -0.4 is 21.3 Å². The van der Waals surface area contributed by atoms with Gasteiger partial charge in [0.05, 0.1) is 11.4 Å². The van der Waals surface area contributed by atoms with E-state index in [1.807, 2.05) is 42.2 Å². The number of rotatable bonds is 4. The molecule has 3 aromatic rings. The molecule has 0 aliphatic carbocycles. The first-order valence-corrected chi connectivity index (χ1v) is 9.20. The fraction of sp³-hybridized carbons (Fsp3) is 0.190. The van der Waals surface area contributed by atoms with Gasteiger partial charge in [-0.25, -0.2) is 9.98 Å².